The van der Waals surface area contributed by atoms with E-state index in [-0.39, 0.29) is 0 Å². The van der Waals surface area contributed by atoms with Gasteiger partial charge in [-0.2, -0.15) is 0 Å². The molecule has 0 saturated carbocycles. The molecule has 6 aromatic carbocycles. The fourth-order valence-corrected chi connectivity index (χ4v) is 6.77. The minimum atomic E-state index is -0.408. The third-order valence-corrected chi connectivity index (χ3v) is 9.83. The highest BCUT2D eigenvalue weighted by Crippen LogP contribution is 2.39. The summed E-state index contributed by atoms with van der Waals surface area (Å²) in [6.45, 7) is 8.25. The molecule has 0 aliphatic rings. The molecule has 0 bridgehead atoms. The van der Waals surface area contributed by atoms with Gasteiger partial charge in [0.1, 0.15) is 0 Å². The van der Waals surface area contributed by atoms with Crippen LogP contribution in [0.3, 0.4) is 0 Å². The second-order valence-corrected chi connectivity index (χ2v) is 13.7. The number of esters is 2. The Kier molecular flexibility index (Phi) is 13.3. The zero-order valence-corrected chi connectivity index (χ0v) is 33.8. The van der Waals surface area contributed by atoms with Crippen molar-refractivity contribution < 1.29 is 19.1 Å². The third kappa shape index (κ3) is 9.78. The Morgan fingerprint density at radius 2 is 0.776 bits per heavy atom. The normalized spacial score (nSPS) is 11.5. The summed E-state index contributed by atoms with van der Waals surface area (Å²) < 4.78 is 9.54. The first-order valence-electron chi connectivity index (χ1n) is 19.2. The Hall–Kier alpha value is -7.18. The maximum atomic E-state index is 11.8. The Balaban J connectivity index is 1.33. The second kappa shape index (κ2) is 19.1. The van der Waals surface area contributed by atoms with Crippen molar-refractivity contribution in [3.63, 3.8) is 0 Å². The fourth-order valence-electron chi connectivity index (χ4n) is 6.77. The highest BCUT2D eigenvalue weighted by Gasteiger charge is 2.16. The standard InChI is InChI=1S/C52H48N2O4/c1-7-9-39-11-23-45(24-12-39)53(49-31-16-41(10-8-2)37(3)35-49)47-27-18-43(19-28-47)44-20-29-48(30-21-44)54(46-25-13-40(14-26-46)15-33-51(55)57-5)50-32-17-42(38(4)36-50)22-34-52(56)58-6/h7-36H,1-6H3. The van der Waals surface area contributed by atoms with Gasteiger partial charge in [-0.15, -0.1) is 0 Å². The lowest BCUT2D eigenvalue weighted by atomic mass is 10.0. The smallest absolute Gasteiger partial charge is 0.330 e. The minimum absolute atomic E-state index is 0.404. The number of methoxy groups -OCH3 is 2. The molecule has 0 unspecified atom stereocenters. The minimum Gasteiger partial charge on any atom is -0.466 e. The molecule has 290 valence electrons. The average molecular weight is 765 g/mol. The van der Waals surface area contributed by atoms with E-state index in [0.29, 0.717) is 0 Å². The molecule has 0 radical (unpaired) electrons. The number of rotatable bonds is 13. The van der Waals surface area contributed by atoms with Crippen LogP contribution in [-0.4, -0.2) is 26.2 Å². The first kappa shape index (κ1) is 40.5. The number of anilines is 6. The lowest BCUT2D eigenvalue weighted by Crippen LogP contribution is -2.10. The van der Waals surface area contributed by atoms with Gasteiger partial charge in [-0.3, -0.25) is 0 Å². The molecule has 0 aliphatic carbocycles. The number of ether oxygens (including phenoxy) is 2. The quantitative estimate of drug-likeness (QED) is 0.0862. The number of benzene rings is 6. The monoisotopic (exact) mass is 764 g/mol. The van der Waals surface area contributed by atoms with Crippen molar-refractivity contribution in [1.29, 1.82) is 0 Å². The van der Waals surface area contributed by atoms with Crippen LogP contribution in [0.4, 0.5) is 34.1 Å². The van der Waals surface area contributed by atoms with Crippen molar-refractivity contribution in [2.24, 2.45) is 0 Å². The predicted octanol–water partition coefficient (Wildman–Crippen LogP) is 13.3. The Morgan fingerprint density at radius 3 is 1.16 bits per heavy atom. The lowest BCUT2D eigenvalue weighted by molar-refractivity contribution is -0.135. The summed E-state index contributed by atoms with van der Waals surface area (Å²) in [4.78, 5) is 28.0. The molecule has 6 nitrogen and oxygen atoms in total. The van der Waals surface area contributed by atoms with Crippen LogP contribution in [0.5, 0.6) is 0 Å². The molecule has 6 aromatic rings. The van der Waals surface area contributed by atoms with Crippen molar-refractivity contribution >= 4 is 70.4 Å². The van der Waals surface area contributed by atoms with Gasteiger partial charge < -0.3 is 19.3 Å². The maximum Gasteiger partial charge on any atom is 0.330 e. The number of allylic oxidation sites excluding steroid dienone is 2. The molecule has 6 rings (SSSR count). The topological polar surface area (TPSA) is 59.1 Å². The molecule has 0 aliphatic heterocycles. The van der Waals surface area contributed by atoms with Crippen LogP contribution in [-0.2, 0) is 19.1 Å². The summed E-state index contributed by atoms with van der Waals surface area (Å²) in [5.41, 5.74) is 14.7. The van der Waals surface area contributed by atoms with Crippen LogP contribution < -0.4 is 9.80 Å². The van der Waals surface area contributed by atoms with Gasteiger partial charge in [0.05, 0.1) is 14.2 Å². The molecule has 0 atom stereocenters. The molecule has 58 heavy (non-hydrogen) atoms. The van der Waals surface area contributed by atoms with Crippen LogP contribution in [0.2, 0.25) is 0 Å². The third-order valence-electron chi connectivity index (χ3n) is 9.83. The molecule has 0 heterocycles. The van der Waals surface area contributed by atoms with E-state index in [2.05, 4.69) is 138 Å². The first-order chi connectivity index (χ1) is 28.2. The van der Waals surface area contributed by atoms with Crippen LogP contribution in [0.25, 0.3) is 35.4 Å². The van der Waals surface area contributed by atoms with Crippen LogP contribution >= 0.6 is 0 Å². The van der Waals surface area contributed by atoms with E-state index in [4.69, 9.17) is 9.47 Å². The molecule has 0 spiro atoms. The molecule has 0 fully saturated rings. The lowest BCUT2D eigenvalue weighted by Gasteiger charge is -2.27. The summed E-state index contributed by atoms with van der Waals surface area (Å²) >= 11 is 0. The van der Waals surface area contributed by atoms with Gasteiger partial charge >= 0.3 is 11.9 Å². The summed E-state index contributed by atoms with van der Waals surface area (Å²) in [6, 6.07) is 46.6. The molecule has 0 saturated heterocycles. The molecule has 0 amide bonds. The van der Waals surface area contributed by atoms with Crippen LogP contribution in [0.15, 0.2) is 158 Å². The molecular formula is C52H48N2O4. The highest BCUT2D eigenvalue weighted by atomic mass is 16.5. The van der Waals surface area contributed by atoms with Gasteiger partial charge in [0, 0.05) is 46.3 Å². The molecule has 6 heteroatoms. The molecule has 0 N–H and O–H groups in total. The van der Waals surface area contributed by atoms with Gasteiger partial charge in [0.25, 0.3) is 0 Å². The average Bonchev–Trinajstić information content (AvgIpc) is 3.25. The van der Waals surface area contributed by atoms with Gasteiger partial charge in [0.15, 0.2) is 0 Å². The van der Waals surface area contributed by atoms with Crippen LogP contribution in [0.1, 0.15) is 47.2 Å². The number of hydrogen-bond acceptors (Lipinski definition) is 6. The van der Waals surface area contributed by atoms with E-state index in [9.17, 15) is 9.59 Å². The maximum absolute atomic E-state index is 11.8. The van der Waals surface area contributed by atoms with Gasteiger partial charge in [-0.05, 0) is 157 Å². The van der Waals surface area contributed by atoms with E-state index in [0.717, 1.165) is 67.5 Å². The molecule has 0 aromatic heterocycles. The number of aryl methyl sites for hydroxylation is 2. The fraction of sp³-hybridized carbons (Fsp3) is 0.115. The number of nitrogens with zero attached hydrogens (tertiary/aromatic N) is 2. The van der Waals surface area contributed by atoms with E-state index < -0.39 is 11.9 Å². The highest BCUT2D eigenvalue weighted by molar-refractivity contribution is 5.89. The van der Waals surface area contributed by atoms with E-state index in [1.165, 1.54) is 37.5 Å². The van der Waals surface area contributed by atoms with Crippen molar-refractivity contribution in [2.75, 3.05) is 24.0 Å². The Bertz CT molecular complexity index is 2470. The number of carbonyl (C=O) groups is 2. The van der Waals surface area contributed by atoms with Crippen molar-refractivity contribution in [1.82, 2.24) is 0 Å². The zero-order valence-electron chi connectivity index (χ0n) is 33.8. The predicted molar refractivity (Wildman–Crippen MR) is 242 cm³/mol. The largest absolute Gasteiger partial charge is 0.466 e. The Labute approximate surface area is 342 Å². The Morgan fingerprint density at radius 1 is 0.431 bits per heavy atom. The van der Waals surface area contributed by atoms with E-state index in [1.807, 2.05) is 57.2 Å². The van der Waals surface area contributed by atoms with Gasteiger partial charge in [-0.25, -0.2) is 9.59 Å². The SMILES string of the molecule is CC=Cc1ccc(N(c2ccc(-c3ccc(N(c4ccc(C=CC(=O)OC)cc4)c4ccc(C=CC(=O)OC)c(C)c4)cc3)cc2)c2ccc(C=CC)c(C)c2)cc1. The zero-order chi connectivity index (χ0) is 41.0. The summed E-state index contributed by atoms with van der Waals surface area (Å²) in [6.07, 6.45) is 14.7. The summed E-state index contributed by atoms with van der Waals surface area (Å²) in [5, 5.41) is 0. The second-order valence-electron chi connectivity index (χ2n) is 13.7. The molecular weight excluding hydrogens is 717 g/mol. The van der Waals surface area contributed by atoms with E-state index >= 15 is 0 Å². The summed E-state index contributed by atoms with van der Waals surface area (Å²) in [7, 11) is 2.73. The van der Waals surface area contributed by atoms with Crippen LogP contribution in [0, 0.1) is 13.8 Å². The van der Waals surface area contributed by atoms with Gasteiger partial charge in [-0.1, -0.05) is 85.0 Å². The summed E-state index contributed by atoms with van der Waals surface area (Å²) in [5.74, 6) is -0.812. The van der Waals surface area contributed by atoms with Crippen molar-refractivity contribution in [2.45, 2.75) is 27.7 Å². The number of hydrogen-bond donors (Lipinski definition) is 0. The van der Waals surface area contributed by atoms with Gasteiger partial charge in [0.2, 0.25) is 0 Å². The van der Waals surface area contributed by atoms with Crippen molar-refractivity contribution in [3.05, 3.63) is 191 Å². The van der Waals surface area contributed by atoms with E-state index in [1.54, 1.807) is 12.2 Å². The van der Waals surface area contributed by atoms with Crippen molar-refractivity contribution in [3.8, 4) is 11.1 Å². The number of carbonyl (C=O) groups excluding carboxylic acids is 2. The first-order valence-corrected chi connectivity index (χ1v) is 19.2.